The standard InChI is InChI=1S/C26H25NO2/c1-26(2)16-17-27(22-6-4-3-5-7-22)24-18-20(12-15-23(24)26)9-8-19-10-13-21(14-11-19)25(28)29/h4,6,10-18,22H,3,5,7H2,1-2H3,(H,28,29). The minimum absolute atomic E-state index is 0.0111. The van der Waals surface area contributed by atoms with Gasteiger partial charge in [-0.1, -0.05) is 50.0 Å². The summed E-state index contributed by atoms with van der Waals surface area (Å²) in [6.45, 7) is 4.48. The summed E-state index contributed by atoms with van der Waals surface area (Å²) in [5.74, 6) is 5.48. The van der Waals surface area contributed by atoms with Crippen molar-refractivity contribution in [3.63, 3.8) is 0 Å². The molecule has 0 radical (unpaired) electrons. The molecule has 1 unspecified atom stereocenters. The molecule has 1 heterocycles. The number of carboxylic acids is 1. The summed E-state index contributed by atoms with van der Waals surface area (Å²) in [4.78, 5) is 13.4. The Bertz CT molecular complexity index is 1050. The van der Waals surface area contributed by atoms with Gasteiger partial charge in [0.2, 0.25) is 0 Å². The highest BCUT2D eigenvalue weighted by molar-refractivity contribution is 5.87. The van der Waals surface area contributed by atoms with Gasteiger partial charge in [0.15, 0.2) is 0 Å². The maximum atomic E-state index is 11.0. The van der Waals surface area contributed by atoms with Gasteiger partial charge in [-0.3, -0.25) is 0 Å². The highest BCUT2D eigenvalue weighted by atomic mass is 16.4. The molecule has 4 rings (SSSR count). The Morgan fingerprint density at radius 3 is 2.52 bits per heavy atom. The zero-order chi connectivity index (χ0) is 20.4. The molecule has 1 N–H and O–H groups in total. The zero-order valence-corrected chi connectivity index (χ0v) is 16.9. The quantitative estimate of drug-likeness (QED) is 0.549. The number of rotatable bonds is 2. The molecule has 146 valence electrons. The molecule has 2 aromatic rings. The highest BCUT2D eigenvalue weighted by Gasteiger charge is 2.30. The van der Waals surface area contributed by atoms with Crippen LogP contribution in [0.3, 0.4) is 0 Å². The smallest absolute Gasteiger partial charge is 0.335 e. The summed E-state index contributed by atoms with van der Waals surface area (Å²) in [6.07, 6.45) is 12.7. The fourth-order valence-corrected chi connectivity index (χ4v) is 3.96. The lowest BCUT2D eigenvalue weighted by Gasteiger charge is -2.39. The lowest BCUT2D eigenvalue weighted by atomic mass is 9.80. The average Bonchev–Trinajstić information content (AvgIpc) is 2.73. The summed E-state index contributed by atoms with van der Waals surface area (Å²) in [5, 5.41) is 9.02. The van der Waals surface area contributed by atoms with Crippen molar-refractivity contribution in [3.8, 4) is 11.8 Å². The Balaban J connectivity index is 1.67. The molecule has 0 saturated heterocycles. The van der Waals surface area contributed by atoms with E-state index in [2.05, 4.69) is 73.2 Å². The van der Waals surface area contributed by atoms with E-state index in [9.17, 15) is 4.79 Å². The number of nitrogens with zero attached hydrogens (tertiary/aromatic N) is 1. The normalized spacial score (nSPS) is 19.2. The van der Waals surface area contributed by atoms with Crippen LogP contribution >= 0.6 is 0 Å². The predicted octanol–water partition coefficient (Wildman–Crippen LogP) is 5.50. The summed E-state index contributed by atoms with van der Waals surface area (Å²) in [5.41, 5.74) is 4.57. The Morgan fingerprint density at radius 1 is 1.10 bits per heavy atom. The van der Waals surface area contributed by atoms with E-state index >= 15 is 0 Å². The summed E-state index contributed by atoms with van der Waals surface area (Å²) in [7, 11) is 0. The van der Waals surface area contributed by atoms with Crippen LogP contribution in [0.5, 0.6) is 0 Å². The van der Waals surface area contributed by atoms with E-state index in [0.717, 1.165) is 17.5 Å². The molecule has 0 amide bonds. The Hall–Kier alpha value is -3.25. The summed E-state index contributed by atoms with van der Waals surface area (Å²) >= 11 is 0. The number of carboxylic acid groups (broad SMARTS) is 1. The Labute approximate surface area is 172 Å². The summed E-state index contributed by atoms with van der Waals surface area (Å²) in [6, 6.07) is 13.5. The van der Waals surface area contributed by atoms with Gasteiger partial charge in [0.1, 0.15) is 0 Å². The van der Waals surface area contributed by atoms with Gasteiger partial charge in [0, 0.05) is 28.4 Å². The number of benzene rings is 2. The van der Waals surface area contributed by atoms with Crippen LogP contribution in [0, 0.1) is 11.8 Å². The number of fused-ring (bicyclic) bond motifs is 1. The number of aromatic carboxylic acids is 1. The van der Waals surface area contributed by atoms with Crippen molar-refractivity contribution in [2.24, 2.45) is 0 Å². The third kappa shape index (κ3) is 3.98. The first-order valence-corrected chi connectivity index (χ1v) is 10.1. The molecule has 0 aromatic heterocycles. The van der Waals surface area contributed by atoms with Crippen molar-refractivity contribution < 1.29 is 9.90 Å². The average molecular weight is 383 g/mol. The summed E-state index contributed by atoms with van der Waals surface area (Å²) < 4.78 is 0. The van der Waals surface area contributed by atoms with E-state index in [4.69, 9.17) is 5.11 Å². The number of allylic oxidation sites excluding steroid dienone is 2. The van der Waals surface area contributed by atoms with Gasteiger partial charge in [-0.15, -0.1) is 0 Å². The predicted molar refractivity (Wildman–Crippen MR) is 117 cm³/mol. The molecule has 0 bridgehead atoms. The molecule has 29 heavy (non-hydrogen) atoms. The van der Waals surface area contributed by atoms with Crippen LogP contribution in [-0.2, 0) is 5.41 Å². The highest BCUT2D eigenvalue weighted by Crippen LogP contribution is 2.40. The van der Waals surface area contributed by atoms with Crippen LogP contribution in [-0.4, -0.2) is 17.1 Å². The van der Waals surface area contributed by atoms with Crippen LogP contribution in [0.4, 0.5) is 5.69 Å². The number of hydrogen-bond acceptors (Lipinski definition) is 2. The van der Waals surface area contributed by atoms with Crippen molar-refractivity contribution in [2.75, 3.05) is 4.90 Å². The molecule has 1 aliphatic carbocycles. The number of anilines is 1. The maximum Gasteiger partial charge on any atom is 0.335 e. The molecule has 0 saturated carbocycles. The number of carbonyl (C=O) groups is 1. The fourth-order valence-electron chi connectivity index (χ4n) is 3.96. The topological polar surface area (TPSA) is 40.5 Å². The molecule has 3 nitrogen and oxygen atoms in total. The molecule has 3 heteroatoms. The van der Waals surface area contributed by atoms with E-state index in [0.29, 0.717) is 6.04 Å². The number of hydrogen-bond donors (Lipinski definition) is 1. The molecule has 0 fully saturated rings. The SMILES string of the molecule is CC1(C)C=CN(C2C=CCCC2)c2cc(C#Cc3ccc(C(=O)O)cc3)ccc21. The lowest BCUT2D eigenvalue weighted by Crippen LogP contribution is -2.35. The van der Waals surface area contributed by atoms with Gasteiger partial charge in [0.05, 0.1) is 11.6 Å². The molecule has 2 aromatic carbocycles. The van der Waals surface area contributed by atoms with Gasteiger partial charge >= 0.3 is 5.97 Å². The fraction of sp³-hybridized carbons (Fsp3) is 0.269. The minimum Gasteiger partial charge on any atom is -0.478 e. The molecule has 1 atom stereocenters. The van der Waals surface area contributed by atoms with Crippen molar-refractivity contribution in [2.45, 2.75) is 44.6 Å². The molecular weight excluding hydrogens is 358 g/mol. The van der Waals surface area contributed by atoms with Crippen LogP contribution in [0.2, 0.25) is 0 Å². The monoisotopic (exact) mass is 383 g/mol. The molecule has 1 aliphatic heterocycles. The molecule has 0 spiro atoms. The van der Waals surface area contributed by atoms with E-state index in [1.807, 2.05) is 0 Å². The second kappa shape index (κ2) is 7.64. The van der Waals surface area contributed by atoms with Crippen LogP contribution in [0.15, 0.2) is 66.9 Å². The van der Waals surface area contributed by atoms with Gasteiger partial charge in [-0.25, -0.2) is 4.79 Å². The molecular formula is C26H25NO2. The Kier molecular flexibility index (Phi) is 5.03. The minimum atomic E-state index is -0.924. The second-order valence-corrected chi connectivity index (χ2v) is 8.24. The van der Waals surface area contributed by atoms with Crippen LogP contribution in [0.1, 0.15) is 60.2 Å². The first-order valence-electron chi connectivity index (χ1n) is 10.1. The largest absolute Gasteiger partial charge is 0.478 e. The van der Waals surface area contributed by atoms with E-state index in [1.54, 1.807) is 24.3 Å². The van der Waals surface area contributed by atoms with E-state index in [1.165, 1.54) is 24.1 Å². The van der Waals surface area contributed by atoms with Gasteiger partial charge in [-0.05, 0) is 61.2 Å². The van der Waals surface area contributed by atoms with Gasteiger partial charge < -0.3 is 10.0 Å². The van der Waals surface area contributed by atoms with Crippen molar-refractivity contribution in [3.05, 3.63) is 89.1 Å². The first kappa shape index (κ1) is 19.1. The first-order chi connectivity index (χ1) is 13.9. The van der Waals surface area contributed by atoms with Crippen molar-refractivity contribution in [1.82, 2.24) is 0 Å². The van der Waals surface area contributed by atoms with Crippen LogP contribution in [0.25, 0.3) is 0 Å². The van der Waals surface area contributed by atoms with Gasteiger partial charge in [-0.2, -0.15) is 0 Å². The van der Waals surface area contributed by atoms with Gasteiger partial charge in [0.25, 0.3) is 0 Å². The zero-order valence-electron chi connectivity index (χ0n) is 16.9. The Morgan fingerprint density at radius 2 is 1.83 bits per heavy atom. The van der Waals surface area contributed by atoms with Crippen molar-refractivity contribution >= 4 is 11.7 Å². The van der Waals surface area contributed by atoms with E-state index in [-0.39, 0.29) is 11.0 Å². The maximum absolute atomic E-state index is 11.0. The molecule has 2 aliphatic rings. The third-order valence-electron chi connectivity index (χ3n) is 5.69. The van der Waals surface area contributed by atoms with E-state index < -0.39 is 5.97 Å². The lowest BCUT2D eigenvalue weighted by molar-refractivity contribution is 0.0697. The third-order valence-corrected chi connectivity index (χ3v) is 5.69. The second-order valence-electron chi connectivity index (χ2n) is 8.24. The van der Waals surface area contributed by atoms with Crippen LogP contribution < -0.4 is 4.90 Å². The van der Waals surface area contributed by atoms with Crippen molar-refractivity contribution in [1.29, 1.82) is 0 Å².